The van der Waals surface area contributed by atoms with Gasteiger partial charge in [0.15, 0.2) is 0 Å². The van der Waals surface area contributed by atoms with Gasteiger partial charge in [0.25, 0.3) is 0 Å². The van der Waals surface area contributed by atoms with Gasteiger partial charge in [0.2, 0.25) is 0 Å². The molecule has 3 heteroatoms. The number of rotatable bonds is 1. The molecule has 0 aromatic heterocycles. The van der Waals surface area contributed by atoms with Gasteiger partial charge in [-0.25, -0.2) is 0 Å². The van der Waals surface area contributed by atoms with Gasteiger partial charge in [0.05, 0.1) is 12.7 Å². The van der Waals surface area contributed by atoms with E-state index in [1.54, 1.807) is 0 Å². The summed E-state index contributed by atoms with van der Waals surface area (Å²) < 4.78 is 11.0. The highest BCUT2D eigenvalue weighted by Crippen LogP contribution is 2.38. The molecule has 0 radical (unpaired) electrons. The summed E-state index contributed by atoms with van der Waals surface area (Å²) in [6, 6.07) is 0. The molecule has 2 unspecified atom stereocenters. The Bertz CT molecular complexity index is 214. The van der Waals surface area contributed by atoms with Crippen LogP contribution in [-0.2, 0) is 14.3 Å². The van der Waals surface area contributed by atoms with E-state index in [0.717, 1.165) is 32.3 Å². The van der Waals surface area contributed by atoms with E-state index < -0.39 is 0 Å². The first kappa shape index (κ1) is 9.00. The molecule has 0 aliphatic carbocycles. The third-order valence-corrected chi connectivity index (χ3v) is 3.08. The minimum absolute atomic E-state index is 0.0308. The number of ether oxygens (including phenoxy) is 2. The second kappa shape index (κ2) is 3.29. The molecule has 0 saturated carbocycles. The van der Waals surface area contributed by atoms with Crippen molar-refractivity contribution in [3.8, 4) is 0 Å². The zero-order valence-corrected chi connectivity index (χ0v) is 8.04. The van der Waals surface area contributed by atoms with E-state index in [0.29, 0.717) is 12.5 Å². The van der Waals surface area contributed by atoms with Crippen molar-refractivity contribution in [2.45, 2.75) is 50.7 Å². The van der Waals surface area contributed by atoms with Crippen LogP contribution in [-0.4, -0.2) is 24.3 Å². The first-order valence-electron chi connectivity index (χ1n) is 5.07. The van der Waals surface area contributed by atoms with E-state index in [-0.39, 0.29) is 11.6 Å². The molecular weight excluding hydrogens is 168 g/mol. The van der Waals surface area contributed by atoms with Gasteiger partial charge < -0.3 is 9.47 Å². The molecule has 2 rings (SSSR count). The topological polar surface area (TPSA) is 35.5 Å². The maximum absolute atomic E-state index is 11.0. The zero-order chi connectivity index (χ0) is 9.31. The molecule has 0 N–H and O–H groups in total. The number of esters is 1. The number of hydrogen-bond donors (Lipinski definition) is 0. The van der Waals surface area contributed by atoms with Gasteiger partial charge in [-0.1, -0.05) is 6.92 Å². The van der Waals surface area contributed by atoms with Gasteiger partial charge in [0.1, 0.15) is 5.60 Å². The van der Waals surface area contributed by atoms with Gasteiger partial charge in [-0.3, -0.25) is 4.79 Å². The Hall–Kier alpha value is -0.570. The minimum Gasteiger partial charge on any atom is -0.459 e. The number of carbonyl (C=O) groups is 1. The summed E-state index contributed by atoms with van der Waals surface area (Å²) in [5.74, 6) is -0.0308. The zero-order valence-electron chi connectivity index (χ0n) is 8.04. The molecule has 0 aromatic carbocycles. The van der Waals surface area contributed by atoms with Crippen molar-refractivity contribution in [3.63, 3.8) is 0 Å². The van der Waals surface area contributed by atoms with Crippen LogP contribution < -0.4 is 0 Å². The summed E-state index contributed by atoms with van der Waals surface area (Å²) in [6.07, 6.45) is 4.57. The highest BCUT2D eigenvalue weighted by molar-refractivity contribution is 5.72. The van der Waals surface area contributed by atoms with Crippen LogP contribution in [0.25, 0.3) is 0 Å². The Morgan fingerprint density at radius 1 is 1.54 bits per heavy atom. The van der Waals surface area contributed by atoms with E-state index in [9.17, 15) is 4.79 Å². The maximum Gasteiger partial charge on any atom is 0.306 e. The molecule has 13 heavy (non-hydrogen) atoms. The lowest BCUT2D eigenvalue weighted by Gasteiger charge is -2.36. The highest BCUT2D eigenvalue weighted by atomic mass is 16.6. The summed E-state index contributed by atoms with van der Waals surface area (Å²) >= 11 is 0. The summed E-state index contributed by atoms with van der Waals surface area (Å²) in [4.78, 5) is 11.0. The predicted molar refractivity (Wildman–Crippen MR) is 47.3 cm³/mol. The monoisotopic (exact) mass is 184 g/mol. The average molecular weight is 184 g/mol. The van der Waals surface area contributed by atoms with Crippen molar-refractivity contribution in [1.82, 2.24) is 0 Å². The molecule has 2 aliphatic rings. The van der Waals surface area contributed by atoms with Crippen LogP contribution in [0, 0.1) is 0 Å². The SMILES string of the molecule is CCC1CC2(CCO1)CCC(=O)O2. The fraction of sp³-hybridized carbons (Fsp3) is 0.900. The summed E-state index contributed by atoms with van der Waals surface area (Å²) in [5, 5.41) is 0. The summed E-state index contributed by atoms with van der Waals surface area (Å²) in [5.41, 5.74) is -0.157. The Kier molecular flexibility index (Phi) is 2.28. The Labute approximate surface area is 78.4 Å². The smallest absolute Gasteiger partial charge is 0.306 e. The van der Waals surface area contributed by atoms with Gasteiger partial charge >= 0.3 is 5.97 Å². The molecule has 0 amide bonds. The van der Waals surface area contributed by atoms with Crippen LogP contribution in [0.15, 0.2) is 0 Å². The van der Waals surface area contributed by atoms with Gasteiger partial charge in [-0.15, -0.1) is 0 Å². The van der Waals surface area contributed by atoms with E-state index >= 15 is 0 Å². The van der Waals surface area contributed by atoms with Crippen LogP contribution >= 0.6 is 0 Å². The van der Waals surface area contributed by atoms with Gasteiger partial charge in [0, 0.05) is 19.3 Å². The van der Waals surface area contributed by atoms with Crippen molar-refractivity contribution >= 4 is 5.97 Å². The van der Waals surface area contributed by atoms with Crippen molar-refractivity contribution in [2.75, 3.05) is 6.61 Å². The molecule has 2 heterocycles. The van der Waals surface area contributed by atoms with Crippen LogP contribution in [0.5, 0.6) is 0 Å². The molecule has 2 atom stereocenters. The number of carbonyl (C=O) groups excluding carboxylic acids is 1. The largest absolute Gasteiger partial charge is 0.459 e. The summed E-state index contributed by atoms with van der Waals surface area (Å²) in [7, 11) is 0. The first-order chi connectivity index (χ1) is 6.24. The van der Waals surface area contributed by atoms with Gasteiger partial charge in [-0.05, 0) is 12.8 Å². The number of hydrogen-bond acceptors (Lipinski definition) is 3. The maximum atomic E-state index is 11.0. The molecular formula is C10H16O3. The van der Waals surface area contributed by atoms with E-state index in [1.165, 1.54) is 0 Å². The third-order valence-electron chi connectivity index (χ3n) is 3.08. The molecule has 0 aromatic rings. The molecule has 74 valence electrons. The van der Waals surface area contributed by atoms with Crippen molar-refractivity contribution in [1.29, 1.82) is 0 Å². The Morgan fingerprint density at radius 2 is 2.38 bits per heavy atom. The lowest BCUT2D eigenvalue weighted by molar-refractivity contribution is -0.160. The summed E-state index contributed by atoms with van der Waals surface area (Å²) in [6.45, 7) is 2.85. The second-order valence-electron chi connectivity index (χ2n) is 4.01. The van der Waals surface area contributed by atoms with E-state index in [4.69, 9.17) is 9.47 Å². The van der Waals surface area contributed by atoms with E-state index in [2.05, 4.69) is 6.92 Å². The standard InChI is InChI=1S/C10H16O3/c1-2-8-7-10(5-6-12-8)4-3-9(11)13-10/h8H,2-7H2,1H3. The average Bonchev–Trinajstić information content (AvgIpc) is 2.47. The molecule has 2 aliphatic heterocycles. The molecule has 3 nitrogen and oxygen atoms in total. The highest BCUT2D eigenvalue weighted by Gasteiger charge is 2.44. The third kappa shape index (κ3) is 1.70. The van der Waals surface area contributed by atoms with Crippen molar-refractivity contribution in [2.24, 2.45) is 0 Å². The second-order valence-corrected chi connectivity index (χ2v) is 4.01. The Balaban J connectivity index is 2.02. The van der Waals surface area contributed by atoms with Crippen LogP contribution in [0.4, 0.5) is 0 Å². The molecule has 0 bridgehead atoms. The fourth-order valence-corrected chi connectivity index (χ4v) is 2.24. The lowest BCUT2D eigenvalue weighted by atomic mass is 9.87. The molecule has 1 spiro atoms. The van der Waals surface area contributed by atoms with E-state index in [1.807, 2.05) is 0 Å². The van der Waals surface area contributed by atoms with Gasteiger partial charge in [-0.2, -0.15) is 0 Å². The predicted octanol–water partition coefficient (Wildman–Crippen LogP) is 1.65. The van der Waals surface area contributed by atoms with Crippen molar-refractivity contribution < 1.29 is 14.3 Å². The van der Waals surface area contributed by atoms with Crippen molar-refractivity contribution in [3.05, 3.63) is 0 Å². The quantitative estimate of drug-likeness (QED) is 0.581. The van der Waals surface area contributed by atoms with Crippen LogP contribution in [0.1, 0.15) is 39.0 Å². The minimum atomic E-state index is -0.157. The van der Waals surface area contributed by atoms with Crippen LogP contribution in [0.2, 0.25) is 0 Å². The normalized spacial score (nSPS) is 39.5. The first-order valence-corrected chi connectivity index (χ1v) is 5.07. The fourth-order valence-electron chi connectivity index (χ4n) is 2.24. The Morgan fingerprint density at radius 3 is 3.00 bits per heavy atom. The molecule has 2 saturated heterocycles. The lowest BCUT2D eigenvalue weighted by Crippen LogP contribution is -2.40. The van der Waals surface area contributed by atoms with Crippen LogP contribution in [0.3, 0.4) is 0 Å². The molecule has 2 fully saturated rings.